The molecular formula is C17H14N2O2S. The van der Waals surface area contributed by atoms with E-state index in [0.29, 0.717) is 0 Å². The molecule has 1 unspecified atom stereocenters. The van der Waals surface area contributed by atoms with Crippen LogP contribution in [0.25, 0.3) is 10.9 Å². The molecule has 0 saturated heterocycles. The van der Waals surface area contributed by atoms with E-state index in [1.807, 2.05) is 61.5 Å². The Kier molecular flexibility index (Phi) is 3.98. The molecule has 22 heavy (non-hydrogen) atoms. The lowest BCUT2D eigenvalue weighted by Gasteiger charge is -2.15. The molecular weight excluding hydrogens is 296 g/mol. The first-order valence-corrected chi connectivity index (χ1v) is 7.89. The Morgan fingerprint density at radius 2 is 1.68 bits per heavy atom. The second kappa shape index (κ2) is 6.07. The number of benzene rings is 2. The van der Waals surface area contributed by atoms with Gasteiger partial charge in [0.05, 0.1) is 5.52 Å². The molecule has 3 rings (SSSR count). The monoisotopic (exact) mass is 310 g/mol. The van der Waals surface area contributed by atoms with Crippen LogP contribution in [0, 0.1) is 6.92 Å². The van der Waals surface area contributed by atoms with Crippen LogP contribution in [0.15, 0.2) is 65.2 Å². The molecule has 0 radical (unpaired) electrons. The average molecular weight is 310 g/mol. The van der Waals surface area contributed by atoms with Gasteiger partial charge in [0.1, 0.15) is 6.04 Å². The lowest BCUT2D eigenvalue weighted by molar-refractivity contribution is 0.617. The van der Waals surface area contributed by atoms with E-state index in [1.165, 1.54) is 0 Å². The fraction of sp³-hybridized carbons (Fsp3) is 0.118. The minimum Gasteiger partial charge on any atom is -0.256 e. The molecule has 110 valence electrons. The number of fused-ring (bicyclic) bond motifs is 1. The number of aromatic nitrogens is 1. The normalized spacial score (nSPS) is 12.0. The number of nitrogens with zero attached hydrogens (tertiary/aromatic N) is 2. The highest BCUT2D eigenvalue weighted by Gasteiger charge is 2.18. The van der Waals surface area contributed by atoms with Crippen LogP contribution in [-0.2, 0) is 10.5 Å². The Morgan fingerprint density at radius 1 is 0.955 bits per heavy atom. The molecule has 5 heteroatoms. The average Bonchev–Trinajstić information content (AvgIpc) is 2.53. The van der Waals surface area contributed by atoms with E-state index in [1.54, 1.807) is 6.20 Å². The standard InChI is InChI=1S/C17H14N2O2S/c1-12-6-2-3-9-14(12)17(19-22(20)21)15-10-4-7-13-8-5-11-18-16(13)15/h2-11,17H,1H3. The van der Waals surface area contributed by atoms with Gasteiger partial charge in [-0.25, -0.2) is 0 Å². The topological polar surface area (TPSA) is 59.4 Å². The third kappa shape index (κ3) is 2.76. The summed E-state index contributed by atoms with van der Waals surface area (Å²) in [5.41, 5.74) is 3.42. The molecule has 0 N–H and O–H groups in total. The quantitative estimate of drug-likeness (QED) is 0.741. The van der Waals surface area contributed by atoms with Crippen LogP contribution in [0.1, 0.15) is 22.7 Å². The number of aryl methyl sites for hydroxylation is 1. The minimum absolute atomic E-state index is 0.585. The van der Waals surface area contributed by atoms with Gasteiger partial charge >= 0.3 is 10.5 Å². The van der Waals surface area contributed by atoms with E-state index in [9.17, 15) is 8.42 Å². The molecule has 0 amide bonds. The van der Waals surface area contributed by atoms with Crippen molar-refractivity contribution in [3.05, 3.63) is 77.5 Å². The summed E-state index contributed by atoms with van der Waals surface area (Å²) >= 11 is 0. The van der Waals surface area contributed by atoms with Gasteiger partial charge in [-0.2, -0.15) is 12.8 Å². The van der Waals surface area contributed by atoms with Crippen LogP contribution < -0.4 is 0 Å². The number of hydrogen-bond acceptors (Lipinski definition) is 4. The molecule has 1 aromatic heterocycles. The van der Waals surface area contributed by atoms with E-state index in [-0.39, 0.29) is 0 Å². The molecule has 0 aliphatic rings. The largest absolute Gasteiger partial charge is 0.312 e. The van der Waals surface area contributed by atoms with Crippen LogP contribution in [0.5, 0.6) is 0 Å². The first-order valence-electron chi connectivity index (χ1n) is 6.86. The molecule has 2 aromatic carbocycles. The summed E-state index contributed by atoms with van der Waals surface area (Å²) in [6, 6.07) is 16.6. The van der Waals surface area contributed by atoms with Crippen molar-refractivity contribution in [2.75, 3.05) is 0 Å². The summed E-state index contributed by atoms with van der Waals surface area (Å²) in [4.78, 5) is 4.40. The number of rotatable bonds is 3. The third-order valence-electron chi connectivity index (χ3n) is 3.63. The van der Waals surface area contributed by atoms with Crippen LogP contribution in [-0.4, -0.2) is 13.4 Å². The van der Waals surface area contributed by atoms with E-state index in [0.717, 1.165) is 27.6 Å². The third-order valence-corrected chi connectivity index (χ3v) is 4.02. The van der Waals surface area contributed by atoms with Gasteiger partial charge in [-0.15, -0.1) is 0 Å². The van der Waals surface area contributed by atoms with E-state index >= 15 is 0 Å². The van der Waals surface area contributed by atoms with Crippen LogP contribution in [0.2, 0.25) is 0 Å². The van der Waals surface area contributed by atoms with Gasteiger partial charge in [-0.1, -0.05) is 48.5 Å². The summed E-state index contributed by atoms with van der Waals surface area (Å²) in [5, 5.41) is 0.963. The maximum atomic E-state index is 11.2. The molecule has 3 aromatic rings. The van der Waals surface area contributed by atoms with Crippen molar-refractivity contribution in [1.29, 1.82) is 0 Å². The SMILES string of the molecule is Cc1ccccc1C(N=S(=O)=O)c1cccc2cccnc12. The zero-order valence-electron chi connectivity index (χ0n) is 12.0. The molecule has 0 aliphatic carbocycles. The van der Waals surface area contributed by atoms with Gasteiger partial charge in [-0.05, 0) is 24.1 Å². The predicted octanol–water partition coefficient (Wildman–Crippen LogP) is 3.70. The van der Waals surface area contributed by atoms with Gasteiger partial charge in [0, 0.05) is 17.1 Å². The van der Waals surface area contributed by atoms with E-state index in [2.05, 4.69) is 9.35 Å². The molecule has 1 heterocycles. The lowest BCUT2D eigenvalue weighted by atomic mass is 9.94. The highest BCUT2D eigenvalue weighted by Crippen LogP contribution is 2.32. The zero-order chi connectivity index (χ0) is 15.5. The van der Waals surface area contributed by atoms with Crippen molar-refractivity contribution in [3.8, 4) is 0 Å². The van der Waals surface area contributed by atoms with Gasteiger partial charge in [0.2, 0.25) is 0 Å². The van der Waals surface area contributed by atoms with Crippen molar-refractivity contribution < 1.29 is 8.42 Å². The first kappa shape index (κ1) is 14.4. The Morgan fingerprint density at radius 3 is 2.45 bits per heavy atom. The fourth-order valence-corrected chi connectivity index (χ4v) is 3.01. The first-order chi connectivity index (χ1) is 10.7. The summed E-state index contributed by atoms with van der Waals surface area (Å²) in [7, 11) is -2.50. The molecule has 1 atom stereocenters. The summed E-state index contributed by atoms with van der Waals surface area (Å²) in [5.74, 6) is 0. The Hall–Kier alpha value is -2.53. The molecule has 0 aliphatic heterocycles. The maximum absolute atomic E-state index is 11.2. The van der Waals surface area contributed by atoms with Crippen molar-refractivity contribution >= 4 is 21.4 Å². The molecule has 0 spiro atoms. The van der Waals surface area contributed by atoms with Crippen LogP contribution in [0.4, 0.5) is 0 Å². The van der Waals surface area contributed by atoms with E-state index in [4.69, 9.17) is 0 Å². The van der Waals surface area contributed by atoms with Crippen molar-refractivity contribution in [2.24, 2.45) is 4.36 Å². The Balaban J connectivity index is 2.31. The summed E-state index contributed by atoms with van der Waals surface area (Å²) < 4.78 is 26.3. The van der Waals surface area contributed by atoms with Crippen molar-refractivity contribution in [3.63, 3.8) is 0 Å². The number of para-hydroxylation sites is 1. The van der Waals surface area contributed by atoms with Crippen LogP contribution >= 0.6 is 0 Å². The van der Waals surface area contributed by atoms with Gasteiger partial charge in [-0.3, -0.25) is 4.98 Å². The summed E-state index contributed by atoms with van der Waals surface area (Å²) in [6.45, 7) is 1.95. The fourth-order valence-electron chi connectivity index (χ4n) is 2.61. The lowest BCUT2D eigenvalue weighted by Crippen LogP contribution is -2.02. The van der Waals surface area contributed by atoms with Gasteiger partial charge < -0.3 is 0 Å². The predicted molar refractivity (Wildman–Crippen MR) is 86.1 cm³/mol. The minimum atomic E-state index is -2.50. The molecule has 0 saturated carbocycles. The number of pyridine rings is 1. The molecule has 4 nitrogen and oxygen atoms in total. The van der Waals surface area contributed by atoms with Crippen LogP contribution in [0.3, 0.4) is 0 Å². The maximum Gasteiger partial charge on any atom is 0.312 e. The second-order valence-corrected chi connectivity index (χ2v) is 5.65. The summed E-state index contributed by atoms with van der Waals surface area (Å²) in [6.07, 6.45) is 1.70. The zero-order valence-corrected chi connectivity index (χ0v) is 12.8. The highest BCUT2D eigenvalue weighted by molar-refractivity contribution is 7.61. The Bertz CT molecular complexity index is 952. The van der Waals surface area contributed by atoms with Crippen molar-refractivity contribution in [2.45, 2.75) is 13.0 Å². The molecule has 0 bridgehead atoms. The molecule has 0 fully saturated rings. The van der Waals surface area contributed by atoms with Gasteiger partial charge in [0.15, 0.2) is 0 Å². The Labute approximate surface area is 130 Å². The second-order valence-electron chi connectivity index (χ2n) is 5.00. The number of hydrogen-bond donors (Lipinski definition) is 0. The highest BCUT2D eigenvalue weighted by atomic mass is 32.2. The van der Waals surface area contributed by atoms with Gasteiger partial charge in [0.25, 0.3) is 0 Å². The van der Waals surface area contributed by atoms with E-state index < -0.39 is 16.5 Å². The smallest absolute Gasteiger partial charge is 0.256 e. The van der Waals surface area contributed by atoms with Crippen molar-refractivity contribution in [1.82, 2.24) is 4.98 Å².